The first-order chi connectivity index (χ1) is 10.0. The maximum absolute atomic E-state index is 12.3. The predicted octanol–water partition coefficient (Wildman–Crippen LogP) is 3.25. The summed E-state index contributed by atoms with van der Waals surface area (Å²) in [6.07, 6.45) is 5.02. The number of carbonyl (C=O) groups is 2. The first-order valence-electron chi connectivity index (χ1n) is 7.70. The Labute approximate surface area is 129 Å². The van der Waals surface area contributed by atoms with Gasteiger partial charge in [0.05, 0.1) is 10.8 Å². The van der Waals surface area contributed by atoms with Crippen molar-refractivity contribution in [3.63, 3.8) is 0 Å². The smallest absolute Gasteiger partial charge is 0.306 e. The molecule has 1 heterocycles. The summed E-state index contributed by atoms with van der Waals surface area (Å²) in [4.78, 5) is 25.3. The zero-order valence-corrected chi connectivity index (χ0v) is 13.5. The monoisotopic (exact) mass is 309 g/mol. The van der Waals surface area contributed by atoms with Gasteiger partial charge in [0, 0.05) is 10.9 Å². The standard InChI is InChI=1S/C16H23NO3S/c1-3-5-13-10(4-2)9-14(21-13)15(18)17-12-7-6-11(8-12)16(19)20/h9,11-12H,3-8H2,1-2H3,(H,17,18)(H,19,20)/t11-,12+/m0/s1. The Morgan fingerprint density at radius 1 is 1.38 bits per heavy atom. The normalized spacial score (nSPS) is 21.4. The van der Waals surface area contributed by atoms with Crippen molar-refractivity contribution >= 4 is 23.2 Å². The molecular weight excluding hydrogens is 286 g/mol. The second-order valence-electron chi connectivity index (χ2n) is 5.68. The molecule has 2 rings (SSSR count). The quantitative estimate of drug-likeness (QED) is 0.847. The minimum absolute atomic E-state index is 0.000372. The fourth-order valence-corrected chi connectivity index (χ4v) is 4.17. The number of carbonyl (C=O) groups excluding carboxylic acids is 1. The van der Waals surface area contributed by atoms with E-state index in [0.717, 1.165) is 30.6 Å². The maximum atomic E-state index is 12.3. The van der Waals surface area contributed by atoms with E-state index in [1.54, 1.807) is 11.3 Å². The zero-order chi connectivity index (χ0) is 15.4. The van der Waals surface area contributed by atoms with E-state index in [0.29, 0.717) is 12.8 Å². The molecule has 21 heavy (non-hydrogen) atoms. The van der Waals surface area contributed by atoms with Crippen molar-refractivity contribution in [1.82, 2.24) is 5.32 Å². The molecule has 0 aliphatic heterocycles. The van der Waals surface area contributed by atoms with Gasteiger partial charge < -0.3 is 10.4 Å². The minimum atomic E-state index is -0.749. The number of aliphatic carboxylic acids is 1. The highest BCUT2D eigenvalue weighted by Crippen LogP contribution is 2.28. The third-order valence-corrected chi connectivity index (χ3v) is 5.33. The van der Waals surface area contributed by atoms with E-state index in [-0.39, 0.29) is 17.9 Å². The van der Waals surface area contributed by atoms with Gasteiger partial charge in [-0.1, -0.05) is 20.3 Å². The lowest BCUT2D eigenvalue weighted by Crippen LogP contribution is -2.32. The SMILES string of the molecule is CCCc1sc(C(=O)N[C@@H]2CC[C@H](C(=O)O)C2)cc1CC. The molecule has 1 amide bonds. The number of aryl methyl sites for hydroxylation is 2. The topological polar surface area (TPSA) is 66.4 Å². The number of carboxylic acids is 1. The Kier molecular flexibility index (Phi) is 5.39. The molecule has 5 heteroatoms. The number of amides is 1. The molecular formula is C16H23NO3S. The van der Waals surface area contributed by atoms with E-state index in [9.17, 15) is 9.59 Å². The molecule has 1 aromatic rings. The van der Waals surface area contributed by atoms with E-state index in [4.69, 9.17) is 5.11 Å². The summed E-state index contributed by atoms with van der Waals surface area (Å²) in [6, 6.07) is 2.00. The second-order valence-corrected chi connectivity index (χ2v) is 6.82. The highest BCUT2D eigenvalue weighted by molar-refractivity contribution is 7.14. The summed E-state index contributed by atoms with van der Waals surface area (Å²) in [5, 5.41) is 12.0. The molecule has 2 N–H and O–H groups in total. The number of carboxylic acid groups (broad SMARTS) is 1. The highest BCUT2D eigenvalue weighted by atomic mass is 32.1. The molecule has 1 aromatic heterocycles. The van der Waals surface area contributed by atoms with Crippen LogP contribution in [0, 0.1) is 5.92 Å². The molecule has 1 saturated carbocycles. The van der Waals surface area contributed by atoms with Crippen LogP contribution in [-0.4, -0.2) is 23.0 Å². The van der Waals surface area contributed by atoms with Crippen LogP contribution < -0.4 is 5.32 Å². The van der Waals surface area contributed by atoms with Crippen LogP contribution in [0.1, 0.15) is 59.6 Å². The van der Waals surface area contributed by atoms with Crippen molar-refractivity contribution in [3.8, 4) is 0 Å². The Balaban J connectivity index is 1.99. The molecule has 4 nitrogen and oxygen atoms in total. The van der Waals surface area contributed by atoms with E-state index >= 15 is 0 Å². The number of rotatable bonds is 6. The Bertz CT molecular complexity index is 524. The van der Waals surface area contributed by atoms with Crippen LogP contribution in [0.25, 0.3) is 0 Å². The van der Waals surface area contributed by atoms with Crippen LogP contribution in [0.3, 0.4) is 0 Å². The molecule has 0 bridgehead atoms. The van der Waals surface area contributed by atoms with Gasteiger partial charge in [0.25, 0.3) is 5.91 Å². The summed E-state index contributed by atoms with van der Waals surface area (Å²) in [6.45, 7) is 4.25. The molecule has 1 aliphatic rings. The first kappa shape index (κ1) is 16.0. The van der Waals surface area contributed by atoms with Gasteiger partial charge in [-0.25, -0.2) is 0 Å². The molecule has 2 atom stereocenters. The summed E-state index contributed by atoms with van der Waals surface area (Å²) in [5.74, 6) is -1.10. The van der Waals surface area contributed by atoms with Gasteiger partial charge in [0.2, 0.25) is 0 Å². The van der Waals surface area contributed by atoms with Crippen LogP contribution >= 0.6 is 11.3 Å². The van der Waals surface area contributed by atoms with E-state index in [1.807, 2.05) is 6.07 Å². The van der Waals surface area contributed by atoms with Gasteiger partial charge in [-0.2, -0.15) is 0 Å². The number of thiophene rings is 1. The van der Waals surface area contributed by atoms with Gasteiger partial charge in [-0.15, -0.1) is 11.3 Å². The fourth-order valence-electron chi connectivity index (χ4n) is 2.91. The lowest BCUT2D eigenvalue weighted by Gasteiger charge is -2.11. The van der Waals surface area contributed by atoms with Crippen LogP contribution in [0.15, 0.2) is 6.07 Å². The van der Waals surface area contributed by atoms with Crippen molar-refractivity contribution in [2.45, 2.75) is 58.4 Å². The first-order valence-corrected chi connectivity index (χ1v) is 8.52. The molecule has 0 radical (unpaired) electrons. The van der Waals surface area contributed by atoms with E-state index in [2.05, 4.69) is 19.2 Å². The van der Waals surface area contributed by atoms with E-state index in [1.165, 1.54) is 10.4 Å². The van der Waals surface area contributed by atoms with Crippen molar-refractivity contribution in [2.75, 3.05) is 0 Å². The van der Waals surface area contributed by atoms with Crippen LogP contribution in [0.2, 0.25) is 0 Å². The van der Waals surface area contributed by atoms with Crippen LogP contribution in [0.5, 0.6) is 0 Å². The van der Waals surface area contributed by atoms with Crippen molar-refractivity contribution < 1.29 is 14.7 Å². The number of nitrogens with one attached hydrogen (secondary N) is 1. The molecule has 116 valence electrons. The van der Waals surface area contributed by atoms with Crippen LogP contribution in [-0.2, 0) is 17.6 Å². The van der Waals surface area contributed by atoms with Crippen molar-refractivity contribution in [2.24, 2.45) is 5.92 Å². The highest BCUT2D eigenvalue weighted by Gasteiger charge is 2.31. The molecule has 0 spiro atoms. The third-order valence-electron chi connectivity index (χ3n) is 4.10. The average molecular weight is 309 g/mol. The lowest BCUT2D eigenvalue weighted by molar-refractivity contribution is -0.141. The Hall–Kier alpha value is -1.36. The van der Waals surface area contributed by atoms with Gasteiger partial charge in [-0.3, -0.25) is 9.59 Å². The Morgan fingerprint density at radius 3 is 2.71 bits per heavy atom. The minimum Gasteiger partial charge on any atom is -0.481 e. The second kappa shape index (κ2) is 7.07. The number of hydrogen-bond acceptors (Lipinski definition) is 3. The summed E-state index contributed by atoms with van der Waals surface area (Å²) >= 11 is 1.58. The summed E-state index contributed by atoms with van der Waals surface area (Å²) in [5.41, 5.74) is 1.27. The summed E-state index contributed by atoms with van der Waals surface area (Å²) in [7, 11) is 0. The fraction of sp³-hybridized carbons (Fsp3) is 0.625. The average Bonchev–Trinajstić information content (AvgIpc) is 3.06. The third kappa shape index (κ3) is 3.84. The largest absolute Gasteiger partial charge is 0.481 e. The Morgan fingerprint density at radius 2 is 2.14 bits per heavy atom. The van der Waals surface area contributed by atoms with Gasteiger partial charge in [0.15, 0.2) is 0 Å². The number of hydrogen-bond donors (Lipinski definition) is 2. The molecule has 1 aliphatic carbocycles. The lowest BCUT2D eigenvalue weighted by atomic mass is 10.1. The maximum Gasteiger partial charge on any atom is 0.306 e. The molecule has 1 fully saturated rings. The van der Waals surface area contributed by atoms with Crippen molar-refractivity contribution in [1.29, 1.82) is 0 Å². The summed E-state index contributed by atoms with van der Waals surface area (Å²) < 4.78 is 0. The van der Waals surface area contributed by atoms with Gasteiger partial charge in [0.1, 0.15) is 0 Å². The van der Waals surface area contributed by atoms with Gasteiger partial charge in [-0.05, 0) is 43.7 Å². The zero-order valence-electron chi connectivity index (χ0n) is 12.6. The molecule has 0 saturated heterocycles. The van der Waals surface area contributed by atoms with Gasteiger partial charge >= 0.3 is 5.97 Å². The predicted molar refractivity (Wildman–Crippen MR) is 83.9 cm³/mol. The molecule has 0 unspecified atom stereocenters. The van der Waals surface area contributed by atoms with E-state index < -0.39 is 5.97 Å². The van der Waals surface area contributed by atoms with Crippen LogP contribution in [0.4, 0.5) is 0 Å². The molecule has 0 aromatic carbocycles. The van der Waals surface area contributed by atoms with Crippen molar-refractivity contribution in [3.05, 3.63) is 21.4 Å².